The van der Waals surface area contributed by atoms with E-state index in [2.05, 4.69) is 40.3 Å². The molecule has 5 saturated carbocycles. The van der Waals surface area contributed by atoms with E-state index in [-0.39, 0.29) is 0 Å². The zero-order chi connectivity index (χ0) is 21.1. The molecule has 0 bridgehead atoms. The van der Waals surface area contributed by atoms with E-state index < -0.39 is 0 Å². The summed E-state index contributed by atoms with van der Waals surface area (Å²) in [5.74, 6) is 4.96. The maximum absolute atomic E-state index is 4.56. The molecule has 0 aromatic carbocycles. The first-order valence-electron chi connectivity index (χ1n) is 13.7. The summed E-state index contributed by atoms with van der Waals surface area (Å²) in [5.41, 5.74) is 5.16. The van der Waals surface area contributed by atoms with Crippen LogP contribution in [-0.4, -0.2) is 0 Å². The van der Waals surface area contributed by atoms with Gasteiger partial charge in [0.05, 0.1) is 0 Å². The maximum atomic E-state index is 4.56. The van der Waals surface area contributed by atoms with Crippen LogP contribution in [0.5, 0.6) is 0 Å². The number of rotatable bonds is 4. The fraction of sp³-hybridized carbons (Fsp3) is 0.867. The van der Waals surface area contributed by atoms with Gasteiger partial charge in [-0.2, -0.15) is 0 Å². The molecule has 30 heavy (non-hydrogen) atoms. The lowest BCUT2D eigenvalue weighted by molar-refractivity contribution is -0.189. The fourth-order valence-electron chi connectivity index (χ4n) is 10.7. The highest BCUT2D eigenvalue weighted by atomic mass is 14.7. The van der Waals surface area contributed by atoms with Gasteiger partial charge in [-0.15, -0.1) is 0 Å². The van der Waals surface area contributed by atoms with E-state index in [0.717, 1.165) is 29.6 Å². The lowest BCUT2D eigenvalue weighted by Gasteiger charge is -2.69. The minimum atomic E-state index is 0.573. The van der Waals surface area contributed by atoms with Crippen molar-refractivity contribution in [3.05, 3.63) is 23.8 Å². The van der Waals surface area contributed by atoms with Gasteiger partial charge in [-0.25, -0.2) is 0 Å². The van der Waals surface area contributed by atoms with Crippen molar-refractivity contribution < 1.29 is 0 Å². The van der Waals surface area contributed by atoms with Crippen LogP contribution in [0.2, 0.25) is 0 Å². The highest BCUT2D eigenvalue weighted by Gasteiger charge is 2.68. The van der Waals surface area contributed by atoms with Crippen LogP contribution < -0.4 is 0 Å². The van der Waals surface area contributed by atoms with E-state index in [9.17, 15) is 0 Å². The van der Waals surface area contributed by atoms with Crippen molar-refractivity contribution in [2.45, 2.75) is 118 Å². The Kier molecular flexibility index (Phi) is 5.35. The number of hydrogen-bond acceptors (Lipinski definition) is 0. The third-order valence-corrected chi connectivity index (χ3v) is 11.8. The lowest BCUT2D eigenvalue weighted by atomic mass is 9.35. The van der Waals surface area contributed by atoms with Gasteiger partial charge in [0.1, 0.15) is 0 Å². The summed E-state index contributed by atoms with van der Waals surface area (Å²) in [5, 5.41) is 0. The molecule has 5 fully saturated rings. The Morgan fingerprint density at radius 3 is 2.53 bits per heavy atom. The molecular weight excluding hydrogens is 360 g/mol. The summed E-state index contributed by atoms with van der Waals surface area (Å²) < 4.78 is 0. The molecule has 0 nitrogen and oxygen atoms in total. The minimum absolute atomic E-state index is 0.573. The van der Waals surface area contributed by atoms with Gasteiger partial charge in [-0.3, -0.25) is 0 Å². The zero-order valence-electron chi connectivity index (χ0n) is 20.6. The summed E-state index contributed by atoms with van der Waals surface area (Å²) >= 11 is 0. The van der Waals surface area contributed by atoms with Gasteiger partial charge in [0.15, 0.2) is 0 Å². The maximum Gasteiger partial charge on any atom is -0.0149 e. The third kappa shape index (κ3) is 2.83. The molecule has 168 valence electrons. The summed E-state index contributed by atoms with van der Waals surface area (Å²) in [6.45, 7) is 14.5. The van der Waals surface area contributed by atoms with Gasteiger partial charge in [0.2, 0.25) is 0 Å². The van der Waals surface area contributed by atoms with Crippen LogP contribution in [0.15, 0.2) is 23.8 Å². The van der Waals surface area contributed by atoms with Crippen molar-refractivity contribution in [2.24, 2.45) is 45.8 Å². The first kappa shape index (κ1) is 21.3. The molecule has 0 aromatic rings. The predicted octanol–water partition coefficient (Wildman–Crippen LogP) is 9.12. The second-order valence-corrected chi connectivity index (χ2v) is 12.7. The molecule has 5 aliphatic carbocycles. The average molecular weight is 409 g/mol. The first-order chi connectivity index (χ1) is 14.4. The van der Waals surface area contributed by atoms with Crippen molar-refractivity contribution in [1.29, 1.82) is 0 Å². The molecule has 0 amide bonds. The Morgan fingerprint density at radius 1 is 1.03 bits per heavy atom. The van der Waals surface area contributed by atoms with E-state index in [1.165, 1.54) is 70.6 Å². The molecule has 0 heteroatoms. The molecule has 0 spiro atoms. The monoisotopic (exact) mass is 408 g/mol. The molecular formula is C30H48. The molecule has 0 heterocycles. The average Bonchev–Trinajstić information content (AvgIpc) is 3.57. The van der Waals surface area contributed by atoms with Crippen LogP contribution in [-0.2, 0) is 0 Å². The Morgan fingerprint density at radius 2 is 1.83 bits per heavy atom. The molecule has 0 aliphatic heterocycles. The molecule has 0 radical (unpaired) electrons. The lowest BCUT2D eigenvalue weighted by Crippen LogP contribution is -2.61. The smallest absolute Gasteiger partial charge is 0.0149 e. The van der Waals surface area contributed by atoms with E-state index in [1.54, 1.807) is 30.4 Å². The van der Waals surface area contributed by atoms with Crippen LogP contribution in [0, 0.1) is 45.8 Å². The molecule has 7 atom stereocenters. The van der Waals surface area contributed by atoms with Crippen LogP contribution >= 0.6 is 0 Å². The van der Waals surface area contributed by atoms with Crippen molar-refractivity contribution >= 4 is 0 Å². The van der Waals surface area contributed by atoms with Crippen LogP contribution in [0.3, 0.4) is 0 Å². The van der Waals surface area contributed by atoms with Gasteiger partial charge in [0, 0.05) is 0 Å². The van der Waals surface area contributed by atoms with Gasteiger partial charge in [-0.05, 0) is 137 Å². The van der Waals surface area contributed by atoms with Crippen LogP contribution in [0.4, 0.5) is 0 Å². The van der Waals surface area contributed by atoms with Crippen molar-refractivity contribution in [3.63, 3.8) is 0 Å². The molecule has 5 aliphatic rings. The second kappa shape index (κ2) is 7.52. The third-order valence-electron chi connectivity index (χ3n) is 11.8. The number of allylic oxidation sites excluding steroid dienone is 3. The number of hydrogen-bond donors (Lipinski definition) is 0. The molecule has 0 saturated heterocycles. The predicted molar refractivity (Wildman–Crippen MR) is 129 cm³/mol. The Bertz CT molecular complexity index is 710. The molecule has 0 N–H and O–H groups in total. The zero-order valence-corrected chi connectivity index (χ0v) is 20.6. The SMILES string of the molecule is C=C1CC[C@]2(C3CC3)C3CC[C@]4(C)C(/C(C)=C/C)CCCC4[C@@H]3CC[C@]2(CCC)C1. The van der Waals surface area contributed by atoms with Gasteiger partial charge < -0.3 is 0 Å². The van der Waals surface area contributed by atoms with Crippen LogP contribution in [0.1, 0.15) is 118 Å². The van der Waals surface area contributed by atoms with Crippen LogP contribution in [0.25, 0.3) is 0 Å². The van der Waals surface area contributed by atoms with Gasteiger partial charge >= 0.3 is 0 Å². The highest BCUT2D eigenvalue weighted by molar-refractivity contribution is 5.23. The fourth-order valence-corrected chi connectivity index (χ4v) is 10.7. The van der Waals surface area contributed by atoms with Crippen molar-refractivity contribution in [3.8, 4) is 0 Å². The van der Waals surface area contributed by atoms with Gasteiger partial charge in [0.25, 0.3) is 0 Å². The second-order valence-electron chi connectivity index (χ2n) is 12.7. The highest BCUT2D eigenvalue weighted by Crippen LogP contribution is 2.76. The number of fused-ring (bicyclic) bond motifs is 5. The van der Waals surface area contributed by atoms with Crippen molar-refractivity contribution in [1.82, 2.24) is 0 Å². The first-order valence-corrected chi connectivity index (χ1v) is 13.7. The summed E-state index contributed by atoms with van der Waals surface area (Å²) in [6.07, 6.45) is 23.2. The van der Waals surface area contributed by atoms with Gasteiger partial charge in [-0.1, -0.05) is 50.5 Å². The van der Waals surface area contributed by atoms with E-state index in [4.69, 9.17) is 0 Å². The largest absolute Gasteiger partial charge is 0.0998 e. The summed E-state index contributed by atoms with van der Waals surface area (Å²) in [4.78, 5) is 0. The van der Waals surface area contributed by atoms with E-state index >= 15 is 0 Å². The Labute approximate surface area is 187 Å². The van der Waals surface area contributed by atoms with E-state index in [0.29, 0.717) is 16.2 Å². The normalized spacial score (nSPS) is 49.2. The van der Waals surface area contributed by atoms with Crippen molar-refractivity contribution in [2.75, 3.05) is 0 Å². The minimum Gasteiger partial charge on any atom is -0.0998 e. The molecule has 5 rings (SSSR count). The quantitative estimate of drug-likeness (QED) is 0.407. The molecule has 0 aromatic heterocycles. The summed E-state index contributed by atoms with van der Waals surface area (Å²) in [6, 6.07) is 0. The summed E-state index contributed by atoms with van der Waals surface area (Å²) in [7, 11) is 0. The van der Waals surface area contributed by atoms with E-state index in [1.807, 2.05) is 0 Å². The molecule has 3 unspecified atom stereocenters. The standard InChI is InChI=1S/C30H48/c1-6-16-29-18-14-24-26-10-8-9-25(22(4)7-2)28(26,5)17-15-27(24)30(29,23-11-12-23)19-13-21(3)20-29/h7,23-27H,3,6,8-20H2,1-2,4-5H3/b22-7+/t24-,25?,26?,27?,28+,29+,30-/m0/s1. The topological polar surface area (TPSA) is 0 Å². The Hall–Kier alpha value is -0.520. The Balaban J connectivity index is 1.54.